The summed E-state index contributed by atoms with van der Waals surface area (Å²) in [7, 11) is 0. The lowest BCUT2D eigenvalue weighted by atomic mass is 9.85. The monoisotopic (exact) mass is 282 g/mol. The van der Waals surface area contributed by atoms with Crippen LogP contribution < -0.4 is 5.43 Å². The number of hydrazone groups is 1. The van der Waals surface area contributed by atoms with Crippen LogP contribution in [0.25, 0.3) is 10.9 Å². The normalized spacial score (nSPS) is 30.8. The quantitative estimate of drug-likeness (QED) is 0.690. The van der Waals surface area contributed by atoms with Crippen molar-refractivity contribution in [2.24, 2.45) is 5.10 Å². The lowest BCUT2D eigenvalue weighted by molar-refractivity contribution is 0.142. The number of hydrogen-bond donors (Lipinski definition) is 3. The fourth-order valence-electron chi connectivity index (χ4n) is 4.31. The highest BCUT2D eigenvalue weighted by atomic mass is 16.3. The zero-order chi connectivity index (χ0) is 14.2. The molecule has 2 aromatic rings. The summed E-state index contributed by atoms with van der Waals surface area (Å²) in [4.78, 5) is 6.13. The first-order valence-corrected chi connectivity index (χ1v) is 7.59. The fraction of sp³-hybridized carbons (Fsp3) is 0.438. The van der Waals surface area contributed by atoms with Crippen LogP contribution in [-0.4, -0.2) is 33.8 Å². The molecule has 5 nitrogen and oxygen atoms in total. The van der Waals surface area contributed by atoms with Gasteiger partial charge in [0.1, 0.15) is 0 Å². The molecule has 0 radical (unpaired) electrons. The largest absolute Gasteiger partial charge is 0.368 e. The number of benzene rings is 1. The predicted octanol–water partition coefficient (Wildman–Crippen LogP) is 1.79. The average molecular weight is 282 g/mol. The third kappa shape index (κ3) is 1.31. The van der Waals surface area contributed by atoms with Gasteiger partial charge in [-0.1, -0.05) is 12.1 Å². The maximum atomic E-state index is 10.3. The molecule has 0 amide bonds. The summed E-state index contributed by atoms with van der Waals surface area (Å²) in [5.41, 5.74) is 8.50. The van der Waals surface area contributed by atoms with E-state index in [1.54, 1.807) is 0 Å². The van der Waals surface area contributed by atoms with Crippen LogP contribution in [0.3, 0.4) is 0 Å². The van der Waals surface area contributed by atoms with Gasteiger partial charge in [0.25, 0.3) is 0 Å². The minimum atomic E-state index is -0.741. The van der Waals surface area contributed by atoms with E-state index in [1.165, 1.54) is 24.1 Å². The zero-order valence-corrected chi connectivity index (χ0v) is 12.0. The molecule has 0 aliphatic carbocycles. The first kappa shape index (κ1) is 11.8. The molecule has 3 aliphatic heterocycles. The summed E-state index contributed by atoms with van der Waals surface area (Å²) in [5.74, 6) is 0. The van der Waals surface area contributed by atoms with E-state index in [4.69, 9.17) is 0 Å². The molecule has 5 heteroatoms. The van der Waals surface area contributed by atoms with Gasteiger partial charge in [-0.05, 0) is 32.4 Å². The minimum absolute atomic E-state index is 0.0694. The Hall–Kier alpha value is -1.85. The van der Waals surface area contributed by atoms with Crippen molar-refractivity contribution in [2.45, 2.75) is 31.5 Å². The molecule has 3 aliphatic rings. The second-order valence-corrected chi connectivity index (χ2v) is 6.53. The van der Waals surface area contributed by atoms with Crippen LogP contribution in [0.1, 0.15) is 42.8 Å². The van der Waals surface area contributed by atoms with Crippen molar-refractivity contribution in [3.05, 3.63) is 35.0 Å². The highest BCUT2D eigenvalue weighted by Crippen LogP contribution is 2.46. The molecular weight excluding hydrogens is 264 g/mol. The van der Waals surface area contributed by atoms with Gasteiger partial charge >= 0.3 is 0 Å². The van der Waals surface area contributed by atoms with Crippen LogP contribution in [0.15, 0.2) is 23.3 Å². The molecule has 3 N–H and O–H groups in total. The zero-order valence-electron chi connectivity index (χ0n) is 12.0. The van der Waals surface area contributed by atoms with Gasteiger partial charge in [0, 0.05) is 34.3 Å². The molecule has 2 atom stereocenters. The molecule has 1 fully saturated rings. The van der Waals surface area contributed by atoms with E-state index in [0.29, 0.717) is 0 Å². The molecule has 1 aromatic heterocycles. The van der Waals surface area contributed by atoms with Crippen LogP contribution in [0.4, 0.5) is 0 Å². The number of aromatic amines is 1. The van der Waals surface area contributed by atoms with Crippen molar-refractivity contribution in [1.82, 2.24) is 15.3 Å². The van der Waals surface area contributed by atoms with Gasteiger partial charge in [0.2, 0.25) is 0 Å². The number of fused-ring (bicyclic) bond motifs is 2. The summed E-state index contributed by atoms with van der Waals surface area (Å²) in [6.45, 7) is 4.29. The summed E-state index contributed by atoms with van der Waals surface area (Å²) in [6.07, 6.45) is 1.65. The number of rotatable bonds is 0. The Morgan fingerprint density at radius 2 is 2.33 bits per heavy atom. The second-order valence-electron chi connectivity index (χ2n) is 6.53. The van der Waals surface area contributed by atoms with E-state index in [0.717, 1.165) is 35.3 Å². The first-order valence-electron chi connectivity index (χ1n) is 7.59. The molecule has 0 spiro atoms. The molecule has 1 aromatic carbocycles. The number of nitrogens with one attached hydrogen (secondary N) is 2. The summed E-state index contributed by atoms with van der Waals surface area (Å²) in [6, 6.07) is 6.07. The maximum Gasteiger partial charge on any atom is 0.166 e. The second kappa shape index (κ2) is 3.67. The topological polar surface area (TPSA) is 63.6 Å². The van der Waals surface area contributed by atoms with Crippen LogP contribution in [0.5, 0.6) is 0 Å². The molecule has 21 heavy (non-hydrogen) atoms. The van der Waals surface area contributed by atoms with E-state index < -0.39 is 6.23 Å². The number of H-pyrrole nitrogens is 1. The Bertz CT molecular complexity index is 793. The third-order valence-electron chi connectivity index (χ3n) is 5.43. The van der Waals surface area contributed by atoms with Gasteiger partial charge < -0.3 is 10.1 Å². The number of aromatic nitrogens is 1. The van der Waals surface area contributed by atoms with Gasteiger partial charge in [0.15, 0.2) is 6.23 Å². The Morgan fingerprint density at radius 3 is 3.24 bits per heavy atom. The summed E-state index contributed by atoms with van der Waals surface area (Å²) < 4.78 is 0. The van der Waals surface area contributed by atoms with Crippen molar-refractivity contribution >= 4 is 16.6 Å². The van der Waals surface area contributed by atoms with E-state index in [9.17, 15) is 5.11 Å². The third-order valence-corrected chi connectivity index (χ3v) is 5.43. The number of hydrogen-bond acceptors (Lipinski definition) is 4. The predicted molar refractivity (Wildman–Crippen MR) is 81.1 cm³/mol. The van der Waals surface area contributed by atoms with Gasteiger partial charge in [-0.3, -0.25) is 10.3 Å². The van der Waals surface area contributed by atoms with Crippen molar-refractivity contribution in [2.75, 3.05) is 13.1 Å². The van der Waals surface area contributed by atoms with Gasteiger partial charge in [-0.15, -0.1) is 0 Å². The molecule has 0 saturated carbocycles. The van der Waals surface area contributed by atoms with Crippen LogP contribution in [-0.2, 0) is 5.54 Å². The standard InChI is InChI=1S/C16H18N4O/c1-16-6-3-7-20(16)8-11-13-12-9(15(21)19-18-11)4-2-5-10(12)17-14(13)16/h2,4-5,15,17,19,21H,3,6-8H2,1H3/t15?,16-/m1/s1. The lowest BCUT2D eigenvalue weighted by Gasteiger charge is -2.39. The van der Waals surface area contributed by atoms with Crippen molar-refractivity contribution in [1.29, 1.82) is 0 Å². The number of nitrogens with zero attached hydrogens (tertiary/aromatic N) is 2. The first-order chi connectivity index (χ1) is 10.2. The molecule has 4 heterocycles. The summed E-state index contributed by atoms with van der Waals surface area (Å²) in [5, 5.41) is 15.9. The van der Waals surface area contributed by atoms with Crippen LogP contribution >= 0.6 is 0 Å². The smallest absolute Gasteiger partial charge is 0.166 e. The molecule has 0 bridgehead atoms. The van der Waals surface area contributed by atoms with Gasteiger partial charge in [-0.2, -0.15) is 5.10 Å². The molecule has 5 rings (SSSR count). The van der Waals surface area contributed by atoms with Gasteiger partial charge in [-0.25, -0.2) is 0 Å². The van der Waals surface area contributed by atoms with E-state index >= 15 is 0 Å². The van der Waals surface area contributed by atoms with E-state index in [2.05, 4.69) is 33.4 Å². The number of aliphatic hydroxyl groups is 1. The van der Waals surface area contributed by atoms with Crippen molar-refractivity contribution < 1.29 is 5.11 Å². The van der Waals surface area contributed by atoms with Crippen LogP contribution in [0, 0.1) is 0 Å². The number of aliphatic hydroxyl groups excluding tert-OH is 1. The van der Waals surface area contributed by atoms with E-state index in [1.807, 2.05) is 12.1 Å². The maximum absolute atomic E-state index is 10.3. The Morgan fingerprint density at radius 1 is 1.43 bits per heavy atom. The Labute approximate surface area is 122 Å². The summed E-state index contributed by atoms with van der Waals surface area (Å²) >= 11 is 0. The highest BCUT2D eigenvalue weighted by molar-refractivity contribution is 6.15. The molecule has 1 unspecified atom stereocenters. The molecule has 108 valence electrons. The van der Waals surface area contributed by atoms with Crippen molar-refractivity contribution in [3.63, 3.8) is 0 Å². The van der Waals surface area contributed by atoms with E-state index in [-0.39, 0.29) is 5.54 Å². The van der Waals surface area contributed by atoms with Crippen LogP contribution in [0.2, 0.25) is 0 Å². The molecular formula is C16H18N4O. The fourth-order valence-corrected chi connectivity index (χ4v) is 4.31. The Kier molecular flexibility index (Phi) is 2.06. The SMILES string of the molecule is C[C@]12CCCN1CC1=NNC(O)c3cccc4[nH]c2c1c34. The van der Waals surface area contributed by atoms with Gasteiger partial charge in [0.05, 0.1) is 11.3 Å². The highest BCUT2D eigenvalue weighted by Gasteiger charge is 2.46. The average Bonchev–Trinajstić information content (AvgIpc) is 3.01. The Balaban J connectivity index is 1.93. The van der Waals surface area contributed by atoms with Crippen molar-refractivity contribution in [3.8, 4) is 0 Å². The molecule has 1 saturated heterocycles. The minimum Gasteiger partial charge on any atom is -0.368 e. The lowest BCUT2D eigenvalue weighted by Crippen LogP contribution is -2.47.